The first-order valence-electron chi connectivity index (χ1n) is 8.94. The maximum Gasteiger partial charge on any atom is 0.192 e. The Balaban J connectivity index is 1.63. The number of aromatic nitrogens is 4. The summed E-state index contributed by atoms with van der Waals surface area (Å²) in [4.78, 5) is 17.0. The van der Waals surface area contributed by atoms with Crippen molar-refractivity contribution in [2.75, 3.05) is 0 Å². The molecule has 3 aromatic heterocycles. The van der Waals surface area contributed by atoms with Crippen molar-refractivity contribution in [3.63, 3.8) is 0 Å². The lowest BCUT2D eigenvalue weighted by molar-refractivity contribution is 0.0994. The molecule has 3 heterocycles. The predicted molar refractivity (Wildman–Crippen MR) is 115 cm³/mol. The second-order valence-corrected chi connectivity index (χ2v) is 8.57. The SMILES string of the molecule is C[C@@H](Sc1nnc(-c2cccnc2)n1Cc1ccco1)C(=O)c1ccc(Br)cc1. The normalized spacial score (nSPS) is 12.1. The van der Waals surface area contributed by atoms with Gasteiger partial charge in [0.25, 0.3) is 0 Å². The predicted octanol–water partition coefficient (Wildman–Crippen LogP) is 5.11. The Morgan fingerprint density at radius 3 is 2.69 bits per heavy atom. The fraction of sp³-hybridized carbons (Fsp3) is 0.143. The van der Waals surface area contributed by atoms with Crippen molar-refractivity contribution in [2.24, 2.45) is 0 Å². The molecule has 0 spiro atoms. The van der Waals surface area contributed by atoms with Crippen LogP contribution in [0.5, 0.6) is 0 Å². The van der Waals surface area contributed by atoms with Crippen LogP contribution in [0.2, 0.25) is 0 Å². The average Bonchev–Trinajstić information content (AvgIpc) is 3.39. The third-order valence-corrected chi connectivity index (χ3v) is 5.92. The Kier molecular flexibility index (Phi) is 5.92. The zero-order valence-corrected chi connectivity index (χ0v) is 17.9. The molecule has 8 heteroatoms. The number of thioether (sulfide) groups is 1. The van der Waals surface area contributed by atoms with Crippen LogP contribution in [0.4, 0.5) is 0 Å². The Morgan fingerprint density at radius 1 is 1.17 bits per heavy atom. The van der Waals surface area contributed by atoms with Gasteiger partial charge >= 0.3 is 0 Å². The molecule has 1 aromatic carbocycles. The second kappa shape index (κ2) is 8.75. The van der Waals surface area contributed by atoms with Crippen molar-refractivity contribution in [3.05, 3.63) is 83.0 Å². The molecular weight excluding hydrogens is 452 g/mol. The van der Waals surface area contributed by atoms with E-state index in [1.54, 1.807) is 18.7 Å². The number of ketones is 1. The number of benzene rings is 1. The summed E-state index contributed by atoms with van der Waals surface area (Å²) < 4.78 is 8.40. The topological polar surface area (TPSA) is 73.8 Å². The number of nitrogens with zero attached hydrogens (tertiary/aromatic N) is 4. The molecule has 0 radical (unpaired) electrons. The van der Waals surface area contributed by atoms with Crippen molar-refractivity contribution in [2.45, 2.75) is 23.9 Å². The second-order valence-electron chi connectivity index (χ2n) is 6.34. The third-order valence-electron chi connectivity index (χ3n) is 4.31. The van der Waals surface area contributed by atoms with E-state index in [4.69, 9.17) is 4.42 Å². The van der Waals surface area contributed by atoms with E-state index >= 15 is 0 Å². The Bertz CT molecular complexity index is 1100. The number of halogens is 1. The van der Waals surface area contributed by atoms with Crippen LogP contribution in [-0.4, -0.2) is 30.8 Å². The summed E-state index contributed by atoms with van der Waals surface area (Å²) in [6.07, 6.45) is 5.09. The molecule has 0 amide bonds. The molecule has 6 nitrogen and oxygen atoms in total. The van der Waals surface area contributed by atoms with Crippen LogP contribution < -0.4 is 0 Å². The fourth-order valence-electron chi connectivity index (χ4n) is 2.85. The van der Waals surface area contributed by atoms with Crippen LogP contribution >= 0.6 is 27.7 Å². The number of hydrogen-bond acceptors (Lipinski definition) is 6. The standard InChI is InChI=1S/C21H17BrN4O2S/c1-14(19(27)15-6-8-17(22)9-7-15)29-21-25-24-20(16-4-2-10-23-12-16)26(21)13-18-5-3-11-28-18/h2-12,14H,13H2,1H3/t14-/m1/s1. The molecule has 0 aliphatic heterocycles. The number of hydrogen-bond donors (Lipinski definition) is 0. The van der Waals surface area contributed by atoms with E-state index in [2.05, 4.69) is 31.1 Å². The number of carbonyl (C=O) groups excluding carboxylic acids is 1. The molecule has 1 atom stereocenters. The van der Waals surface area contributed by atoms with Gasteiger partial charge in [0.2, 0.25) is 0 Å². The summed E-state index contributed by atoms with van der Waals surface area (Å²) in [5.41, 5.74) is 1.52. The average molecular weight is 469 g/mol. The highest BCUT2D eigenvalue weighted by atomic mass is 79.9. The summed E-state index contributed by atoms with van der Waals surface area (Å²) in [7, 11) is 0. The van der Waals surface area contributed by atoms with Crippen LogP contribution in [-0.2, 0) is 6.54 Å². The molecule has 0 aliphatic rings. The number of carbonyl (C=O) groups is 1. The van der Waals surface area contributed by atoms with Crippen LogP contribution in [0.25, 0.3) is 11.4 Å². The van der Waals surface area contributed by atoms with E-state index in [1.807, 2.05) is 60.0 Å². The molecule has 4 aromatic rings. The van der Waals surface area contributed by atoms with Gasteiger partial charge in [0.15, 0.2) is 16.8 Å². The summed E-state index contributed by atoms with van der Waals surface area (Å²) >= 11 is 4.78. The molecule has 0 saturated carbocycles. The summed E-state index contributed by atoms with van der Waals surface area (Å²) in [5, 5.41) is 9.04. The van der Waals surface area contributed by atoms with E-state index in [0.29, 0.717) is 23.1 Å². The van der Waals surface area contributed by atoms with E-state index in [-0.39, 0.29) is 11.0 Å². The molecule has 0 saturated heterocycles. The van der Waals surface area contributed by atoms with Gasteiger partial charge in [-0.2, -0.15) is 0 Å². The molecule has 0 fully saturated rings. The quantitative estimate of drug-likeness (QED) is 0.277. The van der Waals surface area contributed by atoms with Crippen LogP contribution in [0.15, 0.2) is 81.2 Å². The van der Waals surface area contributed by atoms with Crippen LogP contribution in [0, 0.1) is 0 Å². The molecule has 0 unspecified atom stereocenters. The summed E-state index contributed by atoms with van der Waals surface area (Å²) in [6.45, 7) is 2.34. The van der Waals surface area contributed by atoms with E-state index in [1.165, 1.54) is 11.8 Å². The molecule has 29 heavy (non-hydrogen) atoms. The lowest BCUT2D eigenvalue weighted by atomic mass is 10.1. The Labute approximate surface area is 180 Å². The molecule has 0 bridgehead atoms. The Hall–Kier alpha value is -2.71. The van der Waals surface area contributed by atoms with E-state index in [0.717, 1.165) is 15.8 Å². The highest BCUT2D eigenvalue weighted by molar-refractivity contribution is 9.10. The first-order valence-corrected chi connectivity index (χ1v) is 10.6. The zero-order chi connectivity index (χ0) is 20.2. The lowest BCUT2D eigenvalue weighted by Gasteiger charge is -2.12. The summed E-state index contributed by atoms with van der Waals surface area (Å²) in [6, 6.07) is 14.9. The fourth-order valence-corrected chi connectivity index (χ4v) is 4.04. The van der Waals surface area contributed by atoms with Gasteiger partial charge in [0.1, 0.15) is 5.76 Å². The minimum atomic E-state index is -0.322. The van der Waals surface area contributed by atoms with Gasteiger partial charge in [-0.25, -0.2) is 0 Å². The van der Waals surface area contributed by atoms with Gasteiger partial charge < -0.3 is 4.42 Å². The summed E-state index contributed by atoms with van der Waals surface area (Å²) in [5.74, 6) is 1.50. The minimum absolute atomic E-state index is 0.0398. The highest BCUT2D eigenvalue weighted by Crippen LogP contribution is 2.29. The van der Waals surface area contributed by atoms with Crippen LogP contribution in [0.1, 0.15) is 23.0 Å². The molecule has 0 N–H and O–H groups in total. The number of furan rings is 1. The van der Waals surface area contributed by atoms with Crippen molar-refractivity contribution in [1.82, 2.24) is 19.7 Å². The first-order chi connectivity index (χ1) is 14.1. The molecule has 4 rings (SSSR count). The van der Waals surface area contributed by atoms with E-state index in [9.17, 15) is 4.79 Å². The van der Waals surface area contributed by atoms with Crippen molar-refractivity contribution in [3.8, 4) is 11.4 Å². The Morgan fingerprint density at radius 2 is 2.00 bits per heavy atom. The maximum atomic E-state index is 12.8. The van der Waals surface area contributed by atoms with Crippen molar-refractivity contribution >= 4 is 33.5 Å². The molecule has 0 aliphatic carbocycles. The molecular formula is C21H17BrN4O2S. The van der Waals surface area contributed by atoms with Gasteiger partial charge in [0.05, 0.1) is 18.1 Å². The van der Waals surface area contributed by atoms with Crippen LogP contribution in [0.3, 0.4) is 0 Å². The van der Waals surface area contributed by atoms with Crippen molar-refractivity contribution in [1.29, 1.82) is 0 Å². The monoisotopic (exact) mass is 468 g/mol. The first kappa shape index (κ1) is 19.6. The van der Waals surface area contributed by atoms with Gasteiger partial charge in [-0.1, -0.05) is 39.8 Å². The molecule has 146 valence electrons. The minimum Gasteiger partial charge on any atom is -0.467 e. The number of Topliss-reactive ketones (excluding diaryl/α,β-unsaturated/α-hetero) is 1. The van der Waals surface area contributed by atoms with E-state index < -0.39 is 0 Å². The third kappa shape index (κ3) is 4.49. The lowest BCUT2D eigenvalue weighted by Crippen LogP contribution is -2.15. The number of pyridine rings is 1. The van der Waals surface area contributed by atoms with Gasteiger partial charge in [-0.15, -0.1) is 10.2 Å². The zero-order valence-electron chi connectivity index (χ0n) is 15.5. The highest BCUT2D eigenvalue weighted by Gasteiger charge is 2.22. The number of rotatable bonds is 7. The van der Waals surface area contributed by atoms with Gasteiger partial charge in [0, 0.05) is 28.0 Å². The van der Waals surface area contributed by atoms with Crippen molar-refractivity contribution < 1.29 is 9.21 Å². The van der Waals surface area contributed by atoms with Gasteiger partial charge in [-0.05, 0) is 43.3 Å². The van der Waals surface area contributed by atoms with Gasteiger partial charge in [-0.3, -0.25) is 14.3 Å². The smallest absolute Gasteiger partial charge is 0.192 e. The largest absolute Gasteiger partial charge is 0.467 e. The maximum absolute atomic E-state index is 12.8.